The van der Waals surface area contributed by atoms with E-state index < -0.39 is 0 Å². The minimum absolute atomic E-state index is 0.694. The van der Waals surface area contributed by atoms with E-state index in [0.29, 0.717) is 5.92 Å². The summed E-state index contributed by atoms with van der Waals surface area (Å²) in [4.78, 5) is 2.53. The quantitative estimate of drug-likeness (QED) is 0.894. The van der Waals surface area contributed by atoms with Gasteiger partial charge in [0.15, 0.2) is 0 Å². The van der Waals surface area contributed by atoms with Crippen LogP contribution in [0, 0.1) is 5.92 Å². The third kappa shape index (κ3) is 2.04. The lowest BCUT2D eigenvalue weighted by atomic mass is 10.1. The van der Waals surface area contributed by atoms with Crippen molar-refractivity contribution in [1.82, 2.24) is 9.47 Å². The largest absolute Gasteiger partial charge is 0.350 e. The van der Waals surface area contributed by atoms with Crippen LogP contribution in [0.5, 0.6) is 0 Å². The van der Waals surface area contributed by atoms with Gasteiger partial charge in [-0.2, -0.15) is 0 Å². The van der Waals surface area contributed by atoms with Gasteiger partial charge in [0.1, 0.15) is 0 Å². The molecule has 0 bridgehead atoms. The Kier molecular flexibility index (Phi) is 3.10. The van der Waals surface area contributed by atoms with E-state index in [9.17, 15) is 0 Å². The molecule has 2 N–H and O–H groups in total. The Balaban J connectivity index is 1.83. The van der Waals surface area contributed by atoms with Crippen LogP contribution in [0.3, 0.4) is 0 Å². The molecule has 3 rings (SSSR count). The molecule has 0 radical (unpaired) electrons. The highest BCUT2D eigenvalue weighted by atomic mass is 15.1. The summed E-state index contributed by atoms with van der Waals surface area (Å²) in [6.07, 6.45) is 3.52. The van der Waals surface area contributed by atoms with Crippen LogP contribution in [-0.2, 0) is 13.6 Å². The molecule has 0 spiro atoms. The normalized spacial score (nSPS) is 20.9. The number of benzene rings is 1. The molecule has 1 saturated heterocycles. The molecule has 18 heavy (non-hydrogen) atoms. The Bertz CT molecular complexity index is 544. The summed E-state index contributed by atoms with van der Waals surface area (Å²) in [5.41, 5.74) is 8.51. The Morgan fingerprint density at radius 2 is 2.17 bits per heavy atom. The first kappa shape index (κ1) is 11.8. The zero-order valence-corrected chi connectivity index (χ0v) is 11.0. The highest BCUT2D eigenvalue weighted by molar-refractivity contribution is 5.83. The molecule has 3 nitrogen and oxygen atoms in total. The number of aryl methyl sites for hydroxylation is 1. The fourth-order valence-electron chi connectivity index (χ4n) is 3.04. The van der Waals surface area contributed by atoms with Crippen molar-refractivity contribution < 1.29 is 0 Å². The van der Waals surface area contributed by atoms with E-state index in [4.69, 9.17) is 5.73 Å². The van der Waals surface area contributed by atoms with E-state index >= 15 is 0 Å². The van der Waals surface area contributed by atoms with Gasteiger partial charge in [0, 0.05) is 37.2 Å². The number of nitrogens with two attached hydrogens (primary N) is 1. The number of hydrogen-bond donors (Lipinski definition) is 1. The van der Waals surface area contributed by atoms with Gasteiger partial charge in [0.25, 0.3) is 0 Å². The maximum absolute atomic E-state index is 5.75. The maximum atomic E-state index is 5.75. The Morgan fingerprint density at radius 1 is 1.33 bits per heavy atom. The number of nitrogens with zero attached hydrogens (tertiary/aromatic N) is 2. The highest BCUT2D eigenvalue weighted by Gasteiger charge is 2.21. The second kappa shape index (κ2) is 4.75. The molecule has 0 saturated carbocycles. The fourth-order valence-corrected chi connectivity index (χ4v) is 3.04. The van der Waals surface area contributed by atoms with Crippen LogP contribution in [-0.4, -0.2) is 29.1 Å². The minimum atomic E-state index is 0.694. The van der Waals surface area contributed by atoms with Gasteiger partial charge in [-0.3, -0.25) is 4.90 Å². The van der Waals surface area contributed by atoms with Gasteiger partial charge in [0.05, 0.1) is 0 Å². The topological polar surface area (TPSA) is 34.2 Å². The first-order valence-electron chi connectivity index (χ1n) is 6.73. The summed E-state index contributed by atoms with van der Waals surface area (Å²) in [6.45, 7) is 4.22. The summed E-state index contributed by atoms with van der Waals surface area (Å²) in [6, 6.07) is 8.64. The number of fused-ring (bicyclic) bond motifs is 1. The van der Waals surface area contributed by atoms with Crippen molar-refractivity contribution in [3.63, 3.8) is 0 Å². The number of rotatable bonds is 3. The molecule has 0 amide bonds. The van der Waals surface area contributed by atoms with Gasteiger partial charge in [-0.1, -0.05) is 18.2 Å². The van der Waals surface area contributed by atoms with E-state index in [2.05, 4.69) is 47.0 Å². The van der Waals surface area contributed by atoms with Crippen molar-refractivity contribution in [2.24, 2.45) is 18.7 Å². The van der Waals surface area contributed by atoms with Gasteiger partial charge < -0.3 is 10.3 Å². The zero-order valence-electron chi connectivity index (χ0n) is 11.0. The SMILES string of the molecule is Cn1cc(CN2CCC(CN)C2)c2ccccc21. The molecule has 1 unspecified atom stereocenters. The van der Waals surface area contributed by atoms with E-state index in [1.54, 1.807) is 0 Å². The molecular weight excluding hydrogens is 222 g/mol. The van der Waals surface area contributed by atoms with Crippen molar-refractivity contribution in [1.29, 1.82) is 0 Å². The molecule has 1 aromatic heterocycles. The molecule has 0 aliphatic carbocycles. The van der Waals surface area contributed by atoms with Crippen molar-refractivity contribution in [2.45, 2.75) is 13.0 Å². The number of likely N-dealkylation sites (tertiary alicyclic amines) is 1. The van der Waals surface area contributed by atoms with Gasteiger partial charge >= 0.3 is 0 Å². The lowest BCUT2D eigenvalue weighted by Gasteiger charge is -2.14. The first-order chi connectivity index (χ1) is 8.78. The van der Waals surface area contributed by atoms with Crippen LogP contribution in [0.1, 0.15) is 12.0 Å². The Hall–Kier alpha value is -1.32. The van der Waals surface area contributed by atoms with Crippen LogP contribution in [0.15, 0.2) is 30.5 Å². The van der Waals surface area contributed by atoms with Gasteiger partial charge in [-0.15, -0.1) is 0 Å². The average Bonchev–Trinajstić information content (AvgIpc) is 2.97. The molecule has 2 aromatic rings. The second-order valence-corrected chi connectivity index (χ2v) is 5.41. The lowest BCUT2D eigenvalue weighted by Crippen LogP contribution is -2.22. The summed E-state index contributed by atoms with van der Waals surface area (Å²) >= 11 is 0. The van der Waals surface area contributed by atoms with E-state index in [0.717, 1.165) is 19.6 Å². The summed E-state index contributed by atoms with van der Waals surface area (Å²) in [7, 11) is 2.12. The van der Waals surface area contributed by atoms with Gasteiger partial charge in [-0.25, -0.2) is 0 Å². The highest BCUT2D eigenvalue weighted by Crippen LogP contribution is 2.24. The number of hydrogen-bond acceptors (Lipinski definition) is 2. The smallest absolute Gasteiger partial charge is 0.0481 e. The predicted molar refractivity (Wildman–Crippen MR) is 75.4 cm³/mol. The molecule has 2 heterocycles. The zero-order chi connectivity index (χ0) is 12.5. The average molecular weight is 243 g/mol. The Labute approximate surface area is 108 Å². The van der Waals surface area contributed by atoms with E-state index in [1.807, 2.05) is 0 Å². The predicted octanol–water partition coefficient (Wildman–Crippen LogP) is 1.96. The van der Waals surface area contributed by atoms with Crippen LogP contribution < -0.4 is 5.73 Å². The lowest BCUT2D eigenvalue weighted by molar-refractivity contribution is 0.319. The molecule has 1 atom stereocenters. The maximum Gasteiger partial charge on any atom is 0.0481 e. The van der Waals surface area contributed by atoms with Crippen molar-refractivity contribution in [2.75, 3.05) is 19.6 Å². The van der Waals surface area contributed by atoms with Crippen molar-refractivity contribution in [3.05, 3.63) is 36.0 Å². The summed E-state index contributed by atoms with van der Waals surface area (Å²) in [5.74, 6) is 0.694. The van der Waals surface area contributed by atoms with Crippen molar-refractivity contribution >= 4 is 10.9 Å². The van der Waals surface area contributed by atoms with Crippen LogP contribution >= 0.6 is 0 Å². The van der Waals surface area contributed by atoms with Crippen LogP contribution in [0.2, 0.25) is 0 Å². The van der Waals surface area contributed by atoms with E-state index in [-0.39, 0.29) is 0 Å². The summed E-state index contributed by atoms with van der Waals surface area (Å²) < 4.78 is 2.22. The molecule has 1 aliphatic heterocycles. The molecule has 96 valence electrons. The molecule has 1 aromatic carbocycles. The summed E-state index contributed by atoms with van der Waals surface area (Å²) in [5, 5.41) is 1.39. The molecular formula is C15H21N3. The fraction of sp³-hybridized carbons (Fsp3) is 0.467. The van der Waals surface area contributed by atoms with Crippen LogP contribution in [0.4, 0.5) is 0 Å². The Morgan fingerprint density at radius 3 is 2.94 bits per heavy atom. The monoisotopic (exact) mass is 243 g/mol. The van der Waals surface area contributed by atoms with Crippen LogP contribution in [0.25, 0.3) is 10.9 Å². The standard InChI is InChI=1S/C15H21N3/c1-17-10-13(14-4-2-3-5-15(14)17)11-18-7-6-12(8-16)9-18/h2-5,10,12H,6-9,11,16H2,1H3. The van der Waals surface area contributed by atoms with Gasteiger partial charge in [-0.05, 0) is 37.1 Å². The first-order valence-corrected chi connectivity index (χ1v) is 6.73. The molecule has 1 aliphatic rings. The van der Waals surface area contributed by atoms with Crippen molar-refractivity contribution in [3.8, 4) is 0 Å². The minimum Gasteiger partial charge on any atom is -0.350 e. The molecule has 1 fully saturated rings. The third-order valence-corrected chi connectivity index (χ3v) is 4.08. The number of para-hydroxylation sites is 1. The number of aromatic nitrogens is 1. The molecule has 3 heteroatoms. The third-order valence-electron chi connectivity index (χ3n) is 4.08. The van der Waals surface area contributed by atoms with E-state index in [1.165, 1.54) is 29.4 Å². The van der Waals surface area contributed by atoms with Gasteiger partial charge in [0.2, 0.25) is 0 Å². The second-order valence-electron chi connectivity index (χ2n) is 5.41.